The van der Waals surface area contributed by atoms with Crippen LogP contribution in [0.3, 0.4) is 0 Å². The molecule has 4 aromatic carbocycles. The summed E-state index contributed by atoms with van der Waals surface area (Å²) in [7, 11) is 0. The first kappa shape index (κ1) is 23.6. The average Bonchev–Trinajstić information content (AvgIpc) is 3.32. The van der Waals surface area contributed by atoms with Gasteiger partial charge in [-0.3, -0.25) is 10.0 Å². The van der Waals surface area contributed by atoms with E-state index in [0.717, 1.165) is 33.5 Å². The topological polar surface area (TPSA) is 48.2 Å². The summed E-state index contributed by atoms with van der Waals surface area (Å²) in [5, 5.41) is 17.9. The van der Waals surface area contributed by atoms with Gasteiger partial charge in [0.25, 0.3) is 0 Å². The van der Waals surface area contributed by atoms with E-state index >= 15 is 0 Å². The molecular formula is C28H20BrCl2N3O. The van der Waals surface area contributed by atoms with Crippen molar-refractivity contribution < 1.29 is 5.11 Å². The molecule has 1 atom stereocenters. The van der Waals surface area contributed by atoms with Gasteiger partial charge in [-0.25, -0.2) is 0 Å². The number of halogens is 3. The standard InChI is InChI=1S/C28H20BrCl2N3O/c29-21-11-9-18(10-12-21)27-16-26(33-34(27)24-7-2-1-3-8-24)19-5-4-6-23(14-19)32-17-20-13-22(30)15-25(31)28(20)35/h1-15,17,27,35H,16H2. The Kier molecular flexibility index (Phi) is 6.91. The minimum absolute atomic E-state index is 0.0491. The van der Waals surface area contributed by atoms with E-state index in [1.165, 1.54) is 11.6 Å². The molecule has 0 aliphatic carbocycles. The van der Waals surface area contributed by atoms with Crippen LogP contribution in [0.5, 0.6) is 5.75 Å². The monoisotopic (exact) mass is 563 g/mol. The summed E-state index contributed by atoms with van der Waals surface area (Å²) in [6.45, 7) is 0. The van der Waals surface area contributed by atoms with Gasteiger partial charge in [0.2, 0.25) is 0 Å². The number of phenols is 1. The lowest BCUT2D eigenvalue weighted by atomic mass is 9.98. The number of anilines is 1. The molecule has 4 aromatic rings. The fraction of sp³-hybridized carbons (Fsp3) is 0.0714. The molecule has 5 rings (SSSR count). The Labute approximate surface area is 222 Å². The molecule has 174 valence electrons. The van der Waals surface area contributed by atoms with Crippen molar-refractivity contribution >= 4 is 62.4 Å². The van der Waals surface area contributed by atoms with E-state index in [4.69, 9.17) is 28.3 Å². The number of aliphatic imine (C=N–C) groups is 1. The van der Waals surface area contributed by atoms with E-state index in [1.807, 2.05) is 42.5 Å². The molecule has 1 aliphatic rings. The van der Waals surface area contributed by atoms with Gasteiger partial charge in [0, 0.05) is 27.7 Å². The highest BCUT2D eigenvalue weighted by molar-refractivity contribution is 9.10. The molecule has 1 unspecified atom stereocenters. The second-order valence-corrected chi connectivity index (χ2v) is 9.89. The molecule has 0 spiro atoms. The van der Waals surface area contributed by atoms with Crippen molar-refractivity contribution in [3.05, 3.63) is 122 Å². The van der Waals surface area contributed by atoms with Crippen molar-refractivity contribution in [3.63, 3.8) is 0 Å². The quantitative estimate of drug-likeness (QED) is 0.247. The Bertz CT molecular complexity index is 1420. The Morgan fingerprint density at radius 2 is 1.71 bits per heavy atom. The summed E-state index contributed by atoms with van der Waals surface area (Å²) in [6.07, 6.45) is 2.32. The van der Waals surface area contributed by atoms with Crippen molar-refractivity contribution in [1.82, 2.24) is 0 Å². The van der Waals surface area contributed by atoms with E-state index in [9.17, 15) is 5.11 Å². The Hall–Kier alpha value is -3.12. The summed E-state index contributed by atoms with van der Waals surface area (Å²) in [6, 6.07) is 29.7. The lowest BCUT2D eigenvalue weighted by molar-refractivity contribution is 0.475. The highest BCUT2D eigenvalue weighted by atomic mass is 79.9. The third kappa shape index (κ3) is 5.27. The van der Waals surface area contributed by atoms with Gasteiger partial charge in [0.05, 0.1) is 28.2 Å². The Morgan fingerprint density at radius 1 is 0.943 bits per heavy atom. The number of rotatable bonds is 5. The first-order chi connectivity index (χ1) is 17.0. The van der Waals surface area contributed by atoms with Crippen LogP contribution in [0, 0.1) is 0 Å². The van der Waals surface area contributed by atoms with Gasteiger partial charge >= 0.3 is 0 Å². The van der Waals surface area contributed by atoms with Crippen LogP contribution in [-0.4, -0.2) is 17.0 Å². The van der Waals surface area contributed by atoms with Crippen LogP contribution in [0.4, 0.5) is 11.4 Å². The van der Waals surface area contributed by atoms with Gasteiger partial charge in [0.15, 0.2) is 0 Å². The minimum atomic E-state index is -0.0491. The predicted molar refractivity (Wildman–Crippen MR) is 149 cm³/mol. The highest BCUT2D eigenvalue weighted by Gasteiger charge is 2.29. The van der Waals surface area contributed by atoms with E-state index in [2.05, 4.69) is 62.3 Å². The second-order valence-electron chi connectivity index (χ2n) is 8.13. The molecule has 1 N–H and O–H groups in total. The first-order valence-electron chi connectivity index (χ1n) is 11.0. The SMILES string of the molecule is Oc1c(Cl)cc(Cl)cc1C=Nc1cccc(C2=NN(c3ccccc3)C(c3ccc(Br)cc3)C2)c1. The van der Waals surface area contributed by atoms with Crippen LogP contribution >= 0.6 is 39.1 Å². The fourth-order valence-corrected chi connectivity index (χ4v) is 4.82. The lowest BCUT2D eigenvalue weighted by Gasteiger charge is -2.24. The number of benzene rings is 4. The van der Waals surface area contributed by atoms with Crippen molar-refractivity contribution in [2.24, 2.45) is 10.1 Å². The Morgan fingerprint density at radius 3 is 2.49 bits per heavy atom. The van der Waals surface area contributed by atoms with Gasteiger partial charge in [0.1, 0.15) is 5.75 Å². The molecule has 4 nitrogen and oxygen atoms in total. The zero-order valence-corrected chi connectivity index (χ0v) is 21.5. The highest BCUT2D eigenvalue weighted by Crippen LogP contribution is 2.37. The molecule has 0 amide bonds. The van der Waals surface area contributed by atoms with Gasteiger partial charge in [-0.1, -0.05) is 81.6 Å². The number of para-hydroxylation sites is 1. The molecule has 1 heterocycles. The largest absolute Gasteiger partial charge is 0.506 e. The molecule has 0 saturated heterocycles. The zero-order valence-electron chi connectivity index (χ0n) is 18.4. The average molecular weight is 565 g/mol. The first-order valence-corrected chi connectivity index (χ1v) is 12.5. The maximum Gasteiger partial charge on any atom is 0.143 e. The number of hydrogen-bond donors (Lipinski definition) is 1. The fourth-order valence-electron chi connectivity index (χ4n) is 4.04. The lowest BCUT2D eigenvalue weighted by Crippen LogP contribution is -2.18. The van der Waals surface area contributed by atoms with Crippen LogP contribution in [-0.2, 0) is 0 Å². The molecule has 35 heavy (non-hydrogen) atoms. The number of aromatic hydroxyl groups is 1. The summed E-state index contributed by atoms with van der Waals surface area (Å²) in [5.74, 6) is -0.0491. The van der Waals surface area contributed by atoms with Crippen LogP contribution in [0.15, 0.2) is 106 Å². The maximum atomic E-state index is 10.2. The predicted octanol–water partition coefficient (Wildman–Crippen LogP) is 8.57. The van der Waals surface area contributed by atoms with E-state index in [1.54, 1.807) is 12.3 Å². The number of hydrazone groups is 1. The van der Waals surface area contributed by atoms with Crippen LogP contribution in [0.1, 0.15) is 29.2 Å². The summed E-state index contributed by atoms with van der Waals surface area (Å²) < 4.78 is 1.05. The van der Waals surface area contributed by atoms with Crippen molar-refractivity contribution in [2.75, 3.05) is 5.01 Å². The van der Waals surface area contributed by atoms with Crippen molar-refractivity contribution in [3.8, 4) is 5.75 Å². The van der Waals surface area contributed by atoms with Gasteiger partial charge in [-0.15, -0.1) is 0 Å². The molecule has 0 aromatic heterocycles. The minimum Gasteiger partial charge on any atom is -0.506 e. The van der Waals surface area contributed by atoms with Crippen molar-refractivity contribution in [1.29, 1.82) is 0 Å². The summed E-state index contributed by atoms with van der Waals surface area (Å²) in [4.78, 5) is 4.54. The molecule has 1 aliphatic heterocycles. The molecular weight excluding hydrogens is 545 g/mol. The Balaban J connectivity index is 1.47. The van der Waals surface area contributed by atoms with Gasteiger partial charge < -0.3 is 5.11 Å². The maximum absolute atomic E-state index is 10.2. The second kappa shape index (κ2) is 10.2. The summed E-state index contributed by atoms with van der Waals surface area (Å²) in [5.41, 5.74) is 5.40. The van der Waals surface area contributed by atoms with Gasteiger partial charge in [-0.2, -0.15) is 5.10 Å². The molecule has 0 saturated carbocycles. The number of hydrogen-bond acceptors (Lipinski definition) is 4. The molecule has 0 fully saturated rings. The van der Waals surface area contributed by atoms with Crippen LogP contribution in [0.25, 0.3) is 0 Å². The number of phenolic OH excluding ortho intramolecular Hbond substituents is 1. The van der Waals surface area contributed by atoms with E-state index < -0.39 is 0 Å². The van der Waals surface area contributed by atoms with Crippen LogP contribution < -0.4 is 5.01 Å². The molecule has 0 bridgehead atoms. The normalized spacial score (nSPS) is 15.6. The van der Waals surface area contributed by atoms with Crippen molar-refractivity contribution in [2.45, 2.75) is 12.5 Å². The van der Waals surface area contributed by atoms with Crippen LogP contribution in [0.2, 0.25) is 10.0 Å². The van der Waals surface area contributed by atoms with E-state index in [0.29, 0.717) is 10.6 Å². The zero-order chi connectivity index (χ0) is 24.4. The van der Waals surface area contributed by atoms with Gasteiger partial charge in [-0.05, 0) is 59.7 Å². The smallest absolute Gasteiger partial charge is 0.143 e. The third-order valence-corrected chi connectivity index (χ3v) is 6.81. The number of nitrogens with zero attached hydrogens (tertiary/aromatic N) is 3. The third-order valence-electron chi connectivity index (χ3n) is 5.78. The van der Waals surface area contributed by atoms with E-state index in [-0.39, 0.29) is 16.8 Å². The summed E-state index contributed by atoms with van der Waals surface area (Å²) >= 11 is 15.6. The molecule has 7 heteroatoms. The molecule has 0 radical (unpaired) electrons.